The lowest BCUT2D eigenvalue weighted by Gasteiger charge is -2.06. The van der Waals surface area contributed by atoms with E-state index >= 15 is 0 Å². The molecule has 8 nitrogen and oxygen atoms in total. The fourth-order valence-corrected chi connectivity index (χ4v) is 1.94. The third kappa shape index (κ3) is 4.47. The van der Waals surface area contributed by atoms with Crippen molar-refractivity contribution in [1.29, 1.82) is 0 Å². The Morgan fingerprint density at radius 2 is 1.36 bits per heavy atom. The molecule has 0 aliphatic carbocycles. The van der Waals surface area contributed by atoms with Crippen molar-refractivity contribution < 1.29 is 29.5 Å². The Labute approximate surface area is 142 Å². The van der Waals surface area contributed by atoms with Crippen LogP contribution in [0.4, 0.5) is 5.69 Å². The molecular weight excluding hydrogens is 330 g/mol. The van der Waals surface area contributed by atoms with Crippen molar-refractivity contribution in [2.45, 2.75) is 13.8 Å². The number of carbonyl (C=O) groups is 3. The Balaban J connectivity index is 0.00000151. The maximum absolute atomic E-state index is 12.4. The molecule has 0 saturated heterocycles. The lowest BCUT2D eigenvalue weighted by Crippen LogP contribution is -2.11. The van der Waals surface area contributed by atoms with Crippen molar-refractivity contribution in [1.82, 2.24) is 0 Å². The van der Waals surface area contributed by atoms with Gasteiger partial charge in [-0.2, -0.15) is 0 Å². The highest BCUT2D eigenvalue weighted by molar-refractivity contribution is 6.14. The molecule has 0 fully saturated rings. The number of ketones is 1. The summed E-state index contributed by atoms with van der Waals surface area (Å²) in [4.78, 5) is 44.4. The largest absolute Gasteiger partial charge is 0.478 e. The van der Waals surface area contributed by atoms with Crippen LogP contribution in [0.2, 0.25) is 0 Å². The number of nitro benzene ring substituents is 1. The van der Waals surface area contributed by atoms with Gasteiger partial charge in [-0.25, -0.2) is 9.59 Å². The molecule has 0 saturated carbocycles. The molecule has 2 aromatic rings. The third-order valence-corrected chi connectivity index (χ3v) is 3.08. The summed E-state index contributed by atoms with van der Waals surface area (Å²) in [5.74, 6) is -3.44. The zero-order chi connectivity index (χ0) is 19.1. The number of carboxylic acid groups (broad SMARTS) is 2. The van der Waals surface area contributed by atoms with Gasteiger partial charge in [0.2, 0.25) is 0 Å². The number of rotatable bonds is 5. The molecule has 130 valence electrons. The second-order valence-electron chi connectivity index (χ2n) is 4.50. The average molecular weight is 345 g/mol. The predicted octanol–water partition coefficient (Wildman–Crippen LogP) is 3.25. The summed E-state index contributed by atoms with van der Waals surface area (Å²) in [7, 11) is 0. The second kappa shape index (κ2) is 8.34. The van der Waals surface area contributed by atoms with Crippen molar-refractivity contribution in [3.8, 4) is 0 Å². The standard InChI is InChI=1S/C15H9NO7.C2H6/c17-13(8-1-4-10(5-2-8)16(22)23)11-6-3-9(14(18)19)7-12(11)15(20)21;1-2/h1-7H,(H,18,19)(H,20,21);1-2H3. The molecule has 0 atom stereocenters. The van der Waals surface area contributed by atoms with E-state index in [2.05, 4.69) is 0 Å². The lowest BCUT2D eigenvalue weighted by molar-refractivity contribution is -0.384. The fraction of sp³-hybridized carbons (Fsp3) is 0.118. The number of benzene rings is 2. The van der Waals surface area contributed by atoms with Crippen LogP contribution in [-0.4, -0.2) is 32.9 Å². The molecule has 0 aliphatic heterocycles. The van der Waals surface area contributed by atoms with Crippen LogP contribution in [0, 0.1) is 10.1 Å². The lowest BCUT2D eigenvalue weighted by atomic mass is 9.96. The highest BCUT2D eigenvalue weighted by Crippen LogP contribution is 2.19. The molecule has 0 bridgehead atoms. The van der Waals surface area contributed by atoms with Crippen LogP contribution in [0.3, 0.4) is 0 Å². The van der Waals surface area contributed by atoms with Gasteiger partial charge in [-0.05, 0) is 30.3 Å². The second-order valence-corrected chi connectivity index (χ2v) is 4.50. The highest BCUT2D eigenvalue weighted by Gasteiger charge is 2.20. The topological polar surface area (TPSA) is 135 Å². The van der Waals surface area contributed by atoms with Gasteiger partial charge in [-0.3, -0.25) is 14.9 Å². The molecule has 2 rings (SSSR count). The molecule has 2 aromatic carbocycles. The molecule has 8 heteroatoms. The van der Waals surface area contributed by atoms with Gasteiger partial charge in [0, 0.05) is 23.3 Å². The minimum absolute atomic E-state index is 0.0566. The van der Waals surface area contributed by atoms with Gasteiger partial charge in [0.25, 0.3) is 5.69 Å². The molecule has 0 radical (unpaired) electrons. The van der Waals surface area contributed by atoms with Crippen molar-refractivity contribution in [2.75, 3.05) is 0 Å². The number of hydrogen-bond acceptors (Lipinski definition) is 5. The molecule has 2 N–H and O–H groups in total. The minimum atomic E-state index is -1.45. The van der Waals surface area contributed by atoms with Gasteiger partial charge in [0.05, 0.1) is 16.1 Å². The van der Waals surface area contributed by atoms with Crippen molar-refractivity contribution >= 4 is 23.4 Å². The number of hydrogen-bond donors (Lipinski definition) is 2. The first-order chi connectivity index (χ1) is 11.8. The first-order valence-corrected chi connectivity index (χ1v) is 7.21. The predicted molar refractivity (Wildman–Crippen MR) is 88.2 cm³/mol. The molecule has 0 amide bonds. The number of carbonyl (C=O) groups excluding carboxylic acids is 1. The van der Waals surface area contributed by atoms with E-state index in [1.165, 1.54) is 12.1 Å². The van der Waals surface area contributed by atoms with Crippen LogP contribution in [0.1, 0.15) is 50.5 Å². The van der Waals surface area contributed by atoms with E-state index in [-0.39, 0.29) is 22.4 Å². The normalized spacial score (nSPS) is 9.52. The van der Waals surface area contributed by atoms with Crippen LogP contribution in [0.15, 0.2) is 42.5 Å². The minimum Gasteiger partial charge on any atom is -0.478 e. The Morgan fingerprint density at radius 3 is 1.80 bits per heavy atom. The zero-order valence-corrected chi connectivity index (χ0v) is 13.4. The monoisotopic (exact) mass is 345 g/mol. The Kier molecular flexibility index (Phi) is 6.51. The highest BCUT2D eigenvalue weighted by atomic mass is 16.6. The van der Waals surface area contributed by atoms with E-state index in [1.807, 2.05) is 13.8 Å². The molecule has 0 heterocycles. The van der Waals surface area contributed by atoms with Crippen LogP contribution >= 0.6 is 0 Å². The first kappa shape index (κ1) is 19.5. The molecular formula is C17H15NO7. The summed E-state index contributed by atoms with van der Waals surface area (Å²) in [6, 6.07) is 7.78. The summed E-state index contributed by atoms with van der Waals surface area (Å²) in [6.07, 6.45) is 0. The molecule has 0 aliphatic rings. The average Bonchev–Trinajstić information content (AvgIpc) is 2.62. The molecule has 25 heavy (non-hydrogen) atoms. The van der Waals surface area contributed by atoms with E-state index in [0.717, 1.165) is 30.3 Å². The van der Waals surface area contributed by atoms with Gasteiger partial charge in [-0.15, -0.1) is 0 Å². The fourth-order valence-electron chi connectivity index (χ4n) is 1.94. The molecule has 0 unspecified atom stereocenters. The SMILES string of the molecule is CC.O=C(O)c1ccc(C(=O)c2ccc([N+](=O)[O-])cc2)c(C(=O)O)c1. The van der Waals surface area contributed by atoms with E-state index < -0.39 is 28.2 Å². The number of nitrogens with zero attached hydrogens (tertiary/aromatic N) is 1. The van der Waals surface area contributed by atoms with Gasteiger partial charge in [0.15, 0.2) is 5.78 Å². The Morgan fingerprint density at radius 1 is 0.840 bits per heavy atom. The molecule has 0 aromatic heterocycles. The maximum atomic E-state index is 12.4. The van der Waals surface area contributed by atoms with E-state index in [4.69, 9.17) is 10.2 Å². The van der Waals surface area contributed by atoms with Crippen LogP contribution in [0.25, 0.3) is 0 Å². The summed E-state index contributed by atoms with van der Waals surface area (Å²) in [5, 5.41) is 28.6. The van der Waals surface area contributed by atoms with E-state index in [0.29, 0.717) is 0 Å². The summed E-state index contributed by atoms with van der Waals surface area (Å²) < 4.78 is 0. The number of nitro groups is 1. The molecule has 0 spiro atoms. The summed E-state index contributed by atoms with van der Waals surface area (Å²) in [6.45, 7) is 4.00. The third-order valence-electron chi connectivity index (χ3n) is 3.08. The maximum Gasteiger partial charge on any atom is 0.336 e. The smallest absolute Gasteiger partial charge is 0.336 e. The first-order valence-electron chi connectivity index (χ1n) is 7.21. The van der Waals surface area contributed by atoms with E-state index in [9.17, 15) is 24.5 Å². The van der Waals surface area contributed by atoms with Crippen molar-refractivity contribution in [3.05, 3.63) is 74.8 Å². The quantitative estimate of drug-likeness (QED) is 0.482. The van der Waals surface area contributed by atoms with Crippen molar-refractivity contribution in [3.63, 3.8) is 0 Å². The Hall–Kier alpha value is -3.55. The van der Waals surface area contributed by atoms with Crippen LogP contribution in [-0.2, 0) is 0 Å². The number of non-ortho nitro benzene ring substituents is 1. The van der Waals surface area contributed by atoms with Gasteiger partial charge < -0.3 is 10.2 Å². The zero-order valence-electron chi connectivity index (χ0n) is 13.4. The van der Waals surface area contributed by atoms with Gasteiger partial charge >= 0.3 is 11.9 Å². The van der Waals surface area contributed by atoms with Crippen LogP contribution < -0.4 is 0 Å². The van der Waals surface area contributed by atoms with Gasteiger partial charge in [0.1, 0.15) is 0 Å². The number of aromatic carboxylic acids is 2. The van der Waals surface area contributed by atoms with Crippen molar-refractivity contribution in [2.24, 2.45) is 0 Å². The number of carboxylic acids is 2. The Bertz CT molecular complexity index is 825. The summed E-state index contributed by atoms with van der Waals surface area (Å²) in [5.41, 5.74) is -1.06. The van der Waals surface area contributed by atoms with Crippen LogP contribution in [0.5, 0.6) is 0 Å². The summed E-state index contributed by atoms with van der Waals surface area (Å²) >= 11 is 0. The van der Waals surface area contributed by atoms with Gasteiger partial charge in [-0.1, -0.05) is 13.8 Å². The van der Waals surface area contributed by atoms with E-state index in [1.54, 1.807) is 0 Å².